The minimum atomic E-state index is -1.49. The van der Waals surface area contributed by atoms with Crippen molar-refractivity contribution in [2.45, 2.75) is 11.4 Å². The molecular formula is C10H10BrN3O2. The fourth-order valence-corrected chi connectivity index (χ4v) is 1.61. The first kappa shape index (κ1) is 12.5. The number of esters is 1. The van der Waals surface area contributed by atoms with Crippen LogP contribution in [0, 0.1) is 0 Å². The molecule has 0 bridgehead atoms. The van der Waals surface area contributed by atoms with Crippen molar-refractivity contribution < 1.29 is 9.53 Å². The lowest BCUT2D eigenvalue weighted by Crippen LogP contribution is -2.28. The second-order valence-corrected chi connectivity index (χ2v) is 4.05. The molecule has 0 heterocycles. The Morgan fingerprint density at radius 1 is 1.56 bits per heavy atom. The fraction of sp³-hybridized carbons (Fsp3) is 0.300. The Morgan fingerprint density at radius 2 is 2.19 bits per heavy atom. The summed E-state index contributed by atoms with van der Waals surface area (Å²) in [5.74, 6) is -0.626. The standard InChI is InChI=1S/C10H10BrN3O2/c1-2-16-9(15)10(11,13-14-12)8-6-4-3-5-7-8/h3-7H,2H2,1H3. The second-order valence-electron chi connectivity index (χ2n) is 2.90. The summed E-state index contributed by atoms with van der Waals surface area (Å²) in [6, 6.07) is 8.66. The van der Waals surface area contributed by atoms with Crippen LogP contribution >= 0.6 is 15.9 Å². The van der Waals surface area contributed by atoms with Gasteiger partial charge in [0.05, 0.1) is 6.61 Å². The number of rotatable bonds is 4. The monoisotopic (exact) mass is 283 g/mol. The van der Waals surface area contributed by atoms with Gasteiger partial charge in [-0.25, -0.2) is 0 Å². The highest BCUT2D eigenvalue weighted by Gasteiger charge is 2.38. The number of azide groups is 1. The summed E-state index contributed by atoms with van der Waals surface area (Å²) in [5, 5.41) is 3.47. The summed E-state index contributed by atoms with van der Waals surface area (Å²) in [6.45, 7) is 1.91. The van der Waals surface area contributed by atoms with Crippen molar-refractivity contribution in [3.63, 3.8) is 0 Å². The molecule has 16 heavy (non-hydrogen) atoms. The van der Waals surface area contributed by atoms with Crippen LogP contribution < -0.4 is 0 Å². The van der Waals surface area contributed by atoms with Crippen LogP contribution in [0.4, 0.5) is 0 Å². The van der Waals surface area contributed by atoms with E-state index in [0.717, 1.165) is 0 Å². The molecular weight excluding hydrogens is 274 g/mol. The molecule has 5 nitrogen and oxygen atoms in total. The topological polar surface area (TPSA) is 75.1 Å². The highest BCUT2D eigenvalue weighted by molar-refractivity contribution is 9.10. The summed E-state index contributed by atoms with van der Waals surface area (Å²) >= 11 is 3.13. The van der Waals surface area contributed by atoms with Crippen LogP contribution in [0.1, 0.15) is 12.5 Å². The van der Waals surface area contributed by atoms with Crippen LogP contribution in [0.25, 0.3) is 10.4 Å². The second kappa shape index (κ2) is 5.53. The molecule has 0 saturated heterocycles. The van der Waals surface area contributed by atoms with Crippen LogP contribution in [-0.4, -0.2) is 12.6 Å². The Hall–Kier alpha value is -1.52. The molecule has 0 spiro atoms. The molecule has 0 radical (unpaired) electrons. The zero-order valence-electron chi connectivity index (χ0n) is 8.63. The van der Waals surface area contributed by atoms with Crippen molar-refractivity contribution in [1.29, 1.82) is 0 Å². The van der Waals surface area contributed by atoms with Crippen molar-refractivity contribution in [3.05, 3.63) is 46.3 Å². The van der Waals surface area contributed by atoms with Gasteiger partial charge in [-0.2, -0.15) is 0 Å². The maximum absolute atomic E-state index is 11.7. The third-order valence-corrected chi connectivity index (χ3v) is 2.82. The van der Waals surface area contributed by atoms with Crippen LogP contribution in [0.2, 0.25) is 0 Å². The number of carbonyl (C=O) groups excluding carboxylic acids is 1. The van der Waals surface area contributed by atoms with Crippen molar-refractivity contribution in [2.24, 2.45) is 5.11 Å². The number of hydrogen-bond donors (Lipinski definition) is 0. The average Bonchev–Trinajstić information content (AvgIpc) is 2.30. The van der Waals surface area contributed by atoms with Crippen molar-refractivity contribution in [2.75, 3.05) is 6.61 Å². The summed E-state index contributed by atoms with van der Waals surface area (Å²) in [5.41, 5.74) is 9.03. The molecule has 6 heteroatoms. The third-order valence-electron chi connectivity index (χ3n) is 1.88. The number of alkyl halides is 1. The van der Waals surface area contributed by atoms with Gasteiger partial charge in [-0.15, -0.1) is 0 Å². The molecule has 1 atom stereocenters. The van der Waals surface area contributed by atoms with Gasteiger partial charge < -0.3 is 4.74 Å². The maximum Gasteiger partial charge on any atom is 0.333 e. The van der Waals surface area contributed by atoms with E-state index in [2.05, 4.69) is 26.0 Å². The van der Waals surface area contributed by atoms with E-state index in [4.69, 9.17) is 10.3 Å². The Labute approximate surface area is 101 Å². The summed E-state index contributed by atoms with van der Waals surface area (Å²) in [6.07, 6.45) is 0. The first-order chi connectivity index (χ1) is 7.65. The molecule has 84 valence electrons. The number of ether oxygens (including phenoxy) is 1. The molecule has 1 unspecified atom stereocenters. The van der Waals surface area contributed by atoms with Gasteiger partial charge >= 0.3 is 5.97 Å². The molecule has 0 aromatic heterocycles. The molecule has 0 amide bonds. The number of nitrogens with zero attached hydrogens (tertiary/aromatic N) is 3. The van der Waals surface area contributed by atoms with Crippen LogP contribution in [0.5, 0.6) is 0 Å². The van der Waals surface area contributed by atoms with Gasteiger partial charge in [-0.05, 0) is 18.0 Å². The molecule has 1 aromatic rings. The molecule has 0 fully saturated rings. The van der Waals surface area contributed by atoms with Gasteiger partial charge in [0, 0.05) is 4.91 Å². The van der Waals surface area contributed by atoms with E-state index >= 15 is 0 Å². The van der Waals surface area contributed by atoms with E-state index in [1.54, 1.807) is 37.3 Å². The van der Waals surface area contributed by atoms with Crippen LogP contribution in [0.15, 0.2) is 35.4 Å². The average molecular weight is 284 g/mol. The lowest BCUT2D eigenvalue weighted by Gasteiger charge is -2.19. The van der Waals surface area contributed by atoms with Gasteiger partial charge in [0.25, 0.3) is 0 Å². The highest BCUT2D eigenvalue weighted by Crippen LogP contribution is 2.34. The predicted molar refractivity (Wildman–Crippen MR) is 62.8 cm³/mol. The van der Waals surface area contributed by atoms with Gasteiger partial charge in [-0.3, -0.25) is 4.79 Å². The zero-order chi connectivity index (χ0) is 12.0. The quantitative estimate of drug-likeness (QED) is 0.213. The molecule has 0 aliphatic carbocycles. The van der Waals surface area contributed by atoms with Crippen molar-refractivity contribution in [1.82, 2.24) is 0 Å². The molecule has 1 rings (SSSR count). The Bertz CT molecular complexity index is 417. The number of carbonyl (C=O) groups is 1. The SMILES string of the molecule is CCOC(=O)C(Br)(N=[N+]=[N-])c1ccccc1. The maximum atomic E-state index is 11.7. The third kappa shape index (κ3) is 2.53. The summed E-state index contributed by atoms with van der Waals surface area (Å²) < 4.78 is 3.38. The van der Waals surface area contributed by atoms with Gasteiger partial charge in [-0.1, -0.05) is 51.4 Å². The van der Waals surface area contributed by atoms with E-state index in [1.165, 1.54) is 0 Å². The van der Waals surface area contributed by atoms with E-state index in [9.17, 15) is 4.79 Å². The number of halogens is 1. The zero-order valence-corrected chi connectivity index (χ0v) is 10.2. The largest absolute Gasteiger partial charge is 0.465 e. The van der Waals surface area contributed by atoms with Gasteiger partial charge in [0.2, 0.25) is 4.45 Å². The van der Waals surface area contributed by atoms with E-state index < -0.39 is 10.4 Å². The van der Waals surface area contributed by atoms with Crippen molar-refractivity contribution >= 4 is 21.9 Å². The van der Waals surface area contributed by atoms with E-state index in [-0.39, 0.29) is 6.61 Å². The molecule has 0 saturated carbocycles. The van der Waals surface area contributed by atoms with Gasteiger partial charge in [0.15, 0.2) is 0 Å². The van der Waals surface area contributed by atoms with Crippen LogP contribution in [0.3, 0.4) is 0 Å². The number of hydrogen-bond acceptors (Lipinski definition) is 3. The molecule has 0 N–H and O–H groups in total. The molecule has 0 aliphatic heterocycles. The normalized spacial score (nSPS) is 13.4. The lowest BCUT2D eigenvalue weighted by atomic mass is 10.1. The van der Waals surface area contributed by atoms with Gasteiger partial charge in [0.1, 0.15) is 0 Å². The van der Waals surface area contributed by atoms with E-state index in [0.29, 0.717) is 5.56 Å². The molecule has 1 aromatic carbocycles. The van der Waals surface area contributed by atoms with Crippen LogP contribution in [-0.2, 0) is 14.0 Å². The van der Waals surface area contributed by atoms with Crippen molar-refractivity contribution in [3.8, 4) is 0 Å². The Balaban J connectivity index is 3.16. The highest BCUT2D eigenvalue weighted by atomic mass is 79.9. The Kier molecular flexibility index (Phi) is 4.34. The Morgan fingerprint density at radius 3 is 2.69 bits per heavy atom. The smallest absolute Gasteiger partial charge is 0.333 e. The first-order valence-corrected chi connectivity index (χ1v) is 5.42. The van der Waals surface area contributed by atoms with E-state index in [1.807, 2.05) is 0 Å². The minimum Gasteiger partial charge on any atom is -0.465 e. The lowest BCUT2D eigenvalue weighted by molar-refractivity contribution is -0.145. The minimum absolute atomic E-state index is 0.222. The number of benzene rings is 1. The summed E-state index contributed by atoms with van der Waals surface area (Å²) in [4.78, 5) is 14.4. The fourth-order valence-electron chi connectivity index (χ4n) is 1.16. The summed E-state index contributed by atoms with van der Waals surface area (Å²) in [7, 11) is 0. The molecule has 0 aliphatic rings. The first-order valence-electron chi connectivity index (χ1n) is 4.63. The predicted octanol–water partition coefficient (Wildman–Crippen LogP) is 3.11.